The topological polar surface area (TPSA) is 40.5 Å². The van der Waals surface area contributed by atoms with E-state index in [0.717, 1.165) is 30.4 Å². The molecule has 1 aromatic heterocycles. The summed E-state index contributed by atoms with van der Waals surface area (Å²) in [4.78, 5) is 16.3. The Morgan fingerprint density at radius 3 is 2.61 bits per heavy atom. The van der Waals surface area contributed by atoms with Gasteiger partial charge < -0.3 is 5.11 Å². The lowest BCUT2D eigenvalue weighted by molar-refractivity contribution is -0.143. The number of carbonyl (C=O) groups is 1. The minimum absolute atomic E-state index is 0.195. The first-order valence-corrected chi connectivity index (χ1v) is 9.44. The molecule has 2 heterocycles. The summed E-state index contributed by atoms with van der Waals surface area (Å²) in [5.41, 5.74) is 1.26. The standard InChI is InChI=1S/C18H20BrNO2S/c1-12-5-6-16(23-12)17(14-3-2-4-15(19)11-14)20-9-7-13(8-10-20)18(21)22/h2-6,11,13,17H,7-10H2,1H3,(H,21,22). The third-order valence-corrected chi connectivity index (χ3v) is 5.99. The van der Waals surface area contributed by atoms with Crippen molar-refractivity contribution in [3.8, 4) is 0 Å². The van der Waals surface area contributed by atoms with Crippen LogP contribution < -0.4 is 0 Å². The fourth-order valence-corrected chi connectivity index (χ4v) is 4.69. The summed E-state index contributed by atoms with van der Waals surface area (Å²) in [6.07, 6.45) is 1.45. The zero-order chi connectivity index (χ0) is 16.4. The van der Waals surface area contributed by atoms with Gasteiger partial charge in [0.05, 0.1) is 12.0 Å². The van der Waals surface area contributed by atoms with Crippen LogP contribution in [0.15, 0.2) is 40.9 Å². The maximum absolute atomic E-state index is 11.2. The third-order valence-electron chi connectivity index (χ3n) is 4.44. The second kappa shape index (κ2) is 7.16. The van der Waals surface area contributed by atoms with E-state index in [0.29, 0.717) is 0 Å². The summed E-state index contributed by atoms with van der Waals surface area (Å²) in [5.74, 6) is -0.852. The number of likely N-dealkylation sites (tertiary alicyclic amines) is 1. The van der Waals surface area contributed by atoms with E-state index in [9.17, 15) is 9.90 Å². The second-order valence-corrected chi connectivity index (χ2v) is 8.29. The number of hydrogen-bond acceptors (Lipinski definition) is 3. The smallest absolute Gasteiger partial charge is 0.306 e. The van der Waals surface area contributed by atoms with Crippen molar-refractivity contribution in [2.75, 3.05) is 13.1 Å². The lowest BCUT2D eigenvalue weighted by atomic mass is 9.94. The van der Waals surface area contributed by atoms with Gasteiger partial charge in [-0.05, 0) is 62.7 Å². The Balaban J connectivity index is 1.89. The van der Waals surface area contributed by atoms with Crippen LogP contribution in [0.3, 0.4) is 0 Å². The fourth-order valence-electron chi connectivity index (χ4n) is 3.24. The number of hydrogen-bond donors (Lipinski definition) is 1. The summed E-state index contributed by atoms with van der Waals surface area (Å²) in [7, 11) is 0. The van der Waals surface area contributed by atoms with Crippen molar-refractivity contribution in [1.82, 2.24) is 4.90 Å². The Hall–Kier alpha value is -1.17. The lowest BCUT2D eigenvalue weighted by Gasteiger charge is -2.36. The highest BCUT2D eigenvalue weighted by Crippen LogP contribution is 2.36. The molecule has 0 aliphatic carbocycles. The van der Waals surface area contributed by atoms with Gasteiger partial charge in [0.1, 0.15) is 0 Å². The van der Waals surface area contributed by atoms with Crippen molar-refractivity contribution in [3.05, 3.63) is 56.2 Å². The van der Waals surface area contributed by atoms with Gasteiger partial charge in [0, 0.05) is 14.2 Å². The number of piperidine rings is 1. The van der Waals surface area contributed by atoms with Crippen molar-refractivity contribution in [1.29, 1.82) is 0 Å². The van der Waals surface area contributed by atoms with E-state index in [2.05, 4.69) is 58.1 Å². The average molecular weight is 394 g/mol. The summed E-state index contributed by atoms with van der Waals surface area (Å²) in [5, 5.41) is 9.21. The Morgan fingerprint density at radius 2 is 2.04 bits per heavy atom. The molecule has 1 atom stereocenters. The molecule has 0 bridgehead atoms. The van der Waals surface area contributed by atoms with E-state index in [-0.39, 0.29) is 12.0 Å². The predicted molar refractivity (Wildman–Crippen MR) is 97.0 cm³/mol. The van der Waals surface area contributed by atoms with Crippen molar-refractivity contribution in [3.63, 3.8) is 0 Å². The minimum Gasteiger partial charge on any atom is -0.481 e. The van der Waals surface area contributed by atoms with Gasteiger partial charge in [-0.25, -0.2) is 0 Å². The van der Waals surface area contributed by atoms with Gasteiger partial charge >= 0.3 is 5.97 Å². The molecule has 1 aliphatic heterocycles. The molecule has 1 aliphatic rings. The largest absolute Gasteiger partial charge is 0.481 e. The van der Waals surface area contributed by atoms with Gasteiger partial charge in [-0.2, -0.15) is 0 Å². The first-order chi connectivity index (χ1) is 11.0. The predicted octanol–water partition coefficient (Wildman–Crippen LogP) is 4.71. The molecule has 122 valence electrons. The molecule has 0 radical (unpaired) electrons. The van der Waals surface area contributed by atoms with Crippen LogP contribution in [-0.2, 0) is 4.79 Å². The van der Waals surface area contributed by atoms with E-state index in [1.54, 1.807) is 0 Å². The molecule has 5 heteroatoms. The number of nitrogens with zero attached hydrogens (tertiary/aromatic N) is 1. The number of thiophene rings is 1. The maximum atomic E-state index is 11.2. The van der Waals surface area contributed by atoms with E-state index < -0.39 is 5.97 Å². The Labute approximate surface area is 149 Å². The minimum atomic E-state index is -0.657. The quantitative estimate of drug-likeness (QED) is 0.817. The molecule has 23 heavy (non-hydrogen) atoms. The number of rotatable bonds is 4. The van der Waals surface area contributed by atoms with Gasteiger partial charge in [-0.1, -0.05) is 28.1 Å². The molecule has 3 rings (SSSR count). The lowest BCUT2D eigenvalue weighted by Crippen LogP contribution is -2.39. The molecule has 2 aromatic rings. The van der Waals surface area contributed by atoms with Crippen molar-refractivity contribution in [2.24, 2.45) is 5.92 Å². The van der Waals surface area contributed by atoms with Crippen molar-refractivity contribution < 1.29 is 9.90 Å². The van der Waals surface area contributed by atoms with Crippen LogP contribution in [0.2, 0.25) is 0 Å². The molecule has 1 fully saturated rings. The number of carboxylic acid groups (broad SMARTS) is 1. The molecule has 1 N–H and O–H groups in total. The van der Waals surface area contributed by atoms with Gasteiger partial charge in [-0.15, -0.1) is 11.3 Å². The van der Waals surface area contributed by atoms with E-state index in [1.807, 2.05) is 17.4 Å². The Kier molecular flexibility index (Phi) is 5.19. The molecular formula is C18H20BrNO2S. The van der Waals surface area contributed by atoms with E-state index >= 15 is 0 Å². The summed E-state index contributed by atoms with van der Waals surface area (Å²) in [6, 6.07) is 13.0. The number of aryl methyl sites for hydroxylation is 1. The monoisotopic (exact) mass is 393 g/mol. The van der Waals surface area contributed by atoms with Crippen molar-refractivity contribution in [2.45, 2.75) is 25.8 Å². The number of benzene rings is 1. The molecule has 0 spiro atoms. The SMILES string of the molecule is Cc1ccc(C(c2cccc(Br)c2)N2CCC(C(=O)O)CC2)s1. The Morgan fingerprint density at radius 1 is 1.30 bits per heavy atom. The van der Waals surface area contributed by atoms with Gasteiger partial charge in [0.25, 0.3) is 0 Å². The van der Waals surface area contributed by atoms with Gasteiger partial charge in [0.15, 0.2) is 0 Å². The van der Waals surface area contributed by atoms with Crippen molar-refractivity contribution >= 4 is 33.2 Å². The second-order valence-electron chi connectivity index (χ2n) is 6.05. The average Bonchev–Trinajstić information content (AvgIpc) is 2.94. The fraction of sp³-hybridized carbons (Fsp3) is 0.389. The highest BCUT2D eigenvalue weighted by atomic mass is 79.9. The Bertz CT molecular complexity index is 692. The summed E-state index contributed by atoms with van der Waals surface area (Å²) >= 11 is 5.39. The highest BCUT2D eigenvalue weighted by molar-refractivity contribution is 9.10. The van der Waals surface area contributed by atoms with Gasteiger partial charge in [0.2, 0.25) is 0 Å². The van der Waals surface area contributed by atoms with E-state index in [4.69, 9.17) is 0 Å². The molecule has 0 saturated carbocycles. The highest BCUT2D eigenvalue weighted by Gasteiger charge is 2.30. The molecule has 1 saturated heterocycles. The molecular weight excluding hydrogens is 374 g/mol. The van der Waals surface area contributed by atoms with Crippen LogP contribution in [-0.4, -0.2) is 29.1 Å². The third kappa shape index (κ3) is 3.84. The normalized spacial score (nSPS) is 18.0. The number of halogens is 1. The van der Waals surface area contributed by atoms with Crippen LogP contribution in [0.25, 0.3) is 0 Å². The maximum Gasteiger partial charge on any atom is 0.306 e. The molecule has 3 nitrogen and oxygen atoms in total. The number of aliphatic carboxylic acids is 1. The van der Waals surface area contributed by atoms with Crippen LogP contribution in [0.1, 0.15) is 34.2 Å². The van der Waals surface area contributed by atoms with Crippen LogP contribution >= 0.6 is 27.3 Å². The molecule has 1 aromatic carbocycles. The van der Waals surface area contributed by atoms with Crippen LogP contribution in [0, 0.1) is 12.8 Å². The summed E-state index contributed by atoms with van der Waals surface area (Å²) in [6.45, 7) is 3.78. The van der Waals surface area contributed by atoms with Crippen LogP contribution in [0.5, 0.6) is 0 Å². The van der Waals surface area contributed by atoms with Crippen LogP contribution in [0.4, 0.5) is 0 Å². The molecule has 1 unspecified atom stereocenters. The first-order valence-electron chi connectivity index (χ1n) is 7.83. The van der Waals surface area contributed by atoms with Gasteiger partial charge in [-0.3, -0.25) is 9.69 Å². The zero-order valence-electron chi connectivity index (χ0n) is 13.0. The molecule has 0 amide bonds. The summed E-state index contributed by atoms with van der Waals surface area (Å²) < 4.78 is 1.08. The van der Waals surface area contributed by atoms with E-state index in [1.165, 1.54) is 15.3 Å². The first kappa shape index (κ1) is 16.7. The zero-order valence-corrected chi connectivity index (χ0v) is 15.4. The number of carboxylic acids is 1.